The van der Waals surface area contributed by atoms with Crippen LogP contribution in [0.15, 0.2) is 0 Å². The fourth-order valence-corrected chi connectivity index (χ4v) is 0.314. The average Bonchev–Trinajstić information content (AvgIpc) is 1.87. The molecule has 1 rings (SSSR count). The molecule has 0 saturated carbocycles. The van der Waals surface area contributed by atoms with E-state index < -0.39 is 0 Å². The molecular formula is C2H6N5+. The van der Waals surface area contributed by atoms with Gasteiger partial charge in [0.2, 0.25) is 0 Å². The van der Waals surface area contributed by atoms with Crippen LogP contribution >= 0.6 is 0 Å². The molecule has 7 heavy (non-hydrogen) atoms. The maximum atomic E-state index is 5.12. The first-order chi connectivity index (χ1) is 3.29. The minimum Gasteiger partial charge on any atom is -0.320 e. The highest BCUT2D eigenvalue weighted by Gasteiger charge is 1.94. The average molecular weight is 100 g/mol. The predicted octanol–water partition coefficient (Wildman–Crippen LogP) is -1.61. The number of hydrogen-bond acceptors (Lipinski definition) is 3. The van der Waals surface area contributed by atoms with Gasteiger partial charge in [0.1, 0.15) is 0 Å². The van der Waals surface area contributed by atoms with Gasteiger partial charge in [-0.1, -0.05) is 0 Å². The SMILES string of the molecule is Nc1n[nH]c(N)[nH+]1. The van der Waals surface area contributed by atoms with E-state index in [0.29, 0.717) is 11.9 Å². The third-order valence-corrected chi connectivity index (χ3v) is 0.560. The van der Waals surface area contributed by atoms with Gasteiger partial charge in [0, 0.05) is 0 Å². The van der Waals surface area contributed by atoms with Crippen molar-refractivity contribution in [2.45, 2.75) is 0 Å². The first kappa shape index (κ1) is 3.91. The van der Waals surface area contributed by atoms with Crippen LogP contribution in [0.4, 0.5) is 11.9 Å². The van der Waals surface area contributed by atoms with Crippen LogP contribution in [0.1, 0.15) is 0 Å². The van der Waals surface area contributed by atoms with E-state index in [0.717, 1.165) is 0 Å². The van der Waals surface area contributed by atoms with E-state index in [1.54, 1.807) is 0 Å². The lowest BCUT2D eigenvalue weighted by atomic mass is 11.0. The highest BCUT2D eigenvalue weighted by molar-refractivity contribution is 5.09. The summed E-state index contributed by atoms with van der Waals surface area (Å²) in [7, 11) is 0. The van der Waals surface area contributed by atoms with Crippen molar-refractivity contribution in [3.05, 3.63) is 0 Å². The lowest BCUT2D eigenvalue weighted by molar-refractivity contribution is -0.342. The molecule has 0 saturated heterocycles. The number of H-pyrrole nitrogens is 2. The molecule has 0 aliphatic heterocycles. The number of hydrogen-bond donors (Lipinski definition) is 3. The Balaban J connectivity index is 3.04. The molecular weight excluding hydrogens is 94.1 g/mol. The Bertz CT molecular complexity index is 138. The second-order valence-corrected chi connectivity index (χ2v) is 1.15. The van der Waals surface area contributed by atoms with Crippen molar-refractivity contribution >= 4 is 11.9 Å². The molecule has 0 radical (unpaired) electrons. The Morgan fingerprint density at radius 3 is 2.43 bits per heavy atom. The summed E-state index contributed by atoms with van der Waals surface area (Å²) in [4.78, 5) is 2.53. The number of nitrogens with zero attached hydrogens (tertiary/aromatic N) is 1. The van der Waals surface area contributed by atoms with Crippen molar-refractivity contribution < 1.29 is 4.98 Å². The summed E-state index contributed by atoms with van der Waals surface area (Å²) >= 11 is 0. The standard InChI is InChI=1S/C2H5N5/c3-1-5-2(4)7-6-1/h(H5,3,4,5,6,7)/p+1. The predicted molar refractivity (Wildman–Crippen MR) is 24.0 cm³/mol. The van der Waals surface area contributed by atoms with Crippen molar-refractivity contribution in [3.63, 3.8) is 0 Å². The molecule has 0 amide bonds. The zero-order chi connectivity index (χ0) is 5.28. The summed E-state index contributed by atoms with van der Waals surface area (Å²) in [6.45, 7) is 0. The molecule has 0 aliphatic carbocycles. The van der Waals surface area contributed by atoms with Crippen LogP contribution in [0, 0.1) is 0 Å². The highest BCUT2D eigenvalue weighted by Crippen LogP contribution is 1.79. The van der Waals surface area contributed by atoms with Crippen molar-refractivity contribution in [1.82, 2.24) is 10.2 Å². The number of aromatic nitrogens is 3. The van der Waals surface area contributed by atoms with Gasteiger partial charge < -0.3 is 11.5 Å². The topological polar surface area (TPSA) is 94.9 Å². The Labute approximate surface area is 39.7 Å². The summed E-state index contributed by atoms with van der Waals surface area (Å²) in [6.07, 6.45) is 0. The summed E-state index contributed by atoms with van der Waals surface area (Å²) < 4.78 is 0. The van der Waals surface area contributed by atoms with Crippen LogP contribution in [-0.4, -0.2) is 10.2 Å². The van der Waals surface area contributed by atoms with Gasteiger partial charge in [-0.25, -0.2) is 4.98 Å². The van der Waals surface area contributed by atoms with Crippen molar-refractivity contribution in [3.8, 4) is 0 Å². The maximum absolute atomic E-state index is 5.12. The molecule has 0 aromatic carbocycles. The van der Waals surface area contributed by atoms with Crippen LogP contribution in [0.2, 0.25) is 0 Å². The summed E-state index contributed by atoms with van der Waals surface area (Å²) in [5, 5.41) is 5.90. The number of nitrogens with one attached hydrogen (secondary N) is 2. The van der Waals surface area contributed by atoms with Crippen LogP contribution in [0.3, 0.4) is 0 Å². The normalized spacial score (nSPS) is 9.14. The van der Waals surface area contributed by atoms with Gasteiger partial charge >= 0.3 is 11.9 Å². The van der Waals surface area contributed by atoms with E-state index in [4.69, 9.17) is 11.5 Å². The largest absolute Gasteiger partial charge is 0.343 e. The van der Waals surface area contributed by atoms with E-state index in [9.17, 15) is 0 Å². The fraction of sp³-hybridized carbons (Fsp3) is 0. The second kappa shape index (κ2) is 1.11. The van der Waals surface area contributed by atoms with E-state index in [1.165, 1.54) is 0 Å². The Morgan fingerprint density at radius 1 is 1.57 bits per heavy atom. The molecule has 1 aromatic rings. The van der Waals surface area contributed by atoms with E-state index in [-0.39, 0.29) is 0 Å². The number of rotatable bonds is 0. The lowest BCUT2D eigenvalue weighted by Crippen LogP contribution is -2.09. The molecule has 1 aromatic heterocycles. The van der Waals surface area contributed by atoms with Gasteiger partial charge in [-0.05, 0) is 5.10 Å². The van der Waals surface area contributed by atoms with Gasteiger partial charge in [-0.15, -0.1) is 0 Å². The van der Waals surface area contributed by atoms with Crippen LogP contribution in [0.5, 0.6) is 0 Å². The number of nitrogens with two attached hydrogens (primary N) is 2. The Kier molecular flexibility index (Phi) is 0.619. The molecule has 0 bridgehead atoms. The van der Waals surface area contributed by atoms with Gasteiger partial charge in [0.25, 0.3) is 0 Å². The molecule has 0 spiro atoms. The number of nitrogen functional groups attached to an aromatic ring is 2. The minimum absolute atomic E-state index is 0.303. The second-order valence-electron chi connectivity index (χ2n) is 1.15. The van der Waals surface area contributed by atoms with Crippen LogP contribution in [0.25, 0.3) is 0 Å². The number of aromatic amines is 2. The van der Waals surface area contributed by atoms with Crippen molar-refractivity contribution in [2.75, 3.05) is 11.5 Å². The molecule has 5 nitrogen and oxygen atoms in total. The van der Waals surface area contributed by atoms with E-state index >= 15 is 0 Å². The highest BCUT2D eigenvalue weighted by atomic mass is 15.3. The molecule has 0 fully saturated rings. The Morgan fingerprint density at radius 2 is 2.29 bits per heavy atom. The molecule has 0 unspecified atom stereocenters. The van der Waals surface area contributed by atoms with Gasteiger partial charge in [-0.3, -0.25) is 0 Å². The molecule has 6 N–H and O–H groups in total. The lowest BCUT2D eigenvalue weighted by Gasteiger charge is -1.65. The molecule has 0 aliphatic rings. The Hall–Kier alpha value is -1.26. The fourth-order valence-electron chi connectivity index (χ4n) is 0.314. The number of anilines is 2. The summed E-state index contributed by atoms with van der Waals surface area (Å²) in [5.41, 5.74) is 10.2. The molecule has 38 valence electrons. The van der Waals surface area contributed by atoms with E-state index in [1.807, 2.05) is 0 Å². The van der Waals surface area contributed by atoms with Crippen LogP contribution < -0.4 is 16.5 Å². The summed E-state index contributed by atoms with van der Waals surface area (Å²) in [5.74, 6) is 0.676. The summed E-state index contributed by atoms with van der Waals surface area (Å²) in [6, 6.07) is 0. The zero-order valence-corrected chi connectivity index (χ0v) is 3.60. The molecule has 1 heterocycles. The molecule has 5 heteroatoms. The maximum Gasteiger partial charge on any atom is 0.343 e. The third-order valence-electron chi connectivity index (χ3n) is 0.560. The zero-order valence-electron chi connectivity index (χ0n) is 3.60. The van der Waals surface area contributed by atoms with Crippen molar-refractivity contribution in [1.29, 1.82) is 0 Å². The first-order valence-electron chi connectivity index (χ1n) is 1.77. The molecule has 0 atom stereocenters. The monoisotopic (exact) mass is 100 g/mol. The quantitative estimate of drug-likeness (QED) is 0.366. The van der Waals surface area contributed by atoms with Crippen molar-refractivity contribution in [2.24, 2.45) is 0 Å². The van der Waals surface area contributed by atoms with E-state index in [2.05, 4.69) is 15.2 Å². The van der Waals surface area contributed by atoms with Gasteiger partial charge in [0.15, 0.2) is 0 Å². The van der Waals surface area contributed by atoms with Gasteiger partial charge in [-0.2, -0.15) is 5.10 Å². The smallest absolute Gasteiger partial charge is 0.320 e. The third kappa shape index (κ3) is 0.594. The minimum atomic E-state index is 0.303. The van der Waals surface area contributed by atoms with Crippen LogP contribution in [-0.2, 0) is 0 Å². The first-order valence-corrected chi connectivity index (χ1v) is 1.77. The van der Waals surface area contributed by atoms with Gasteiger partial charge in [0.05, 0.1) is 0 Å².